The Kier molecular flexibility index (Phi) is 6.47. The Balaban J connectivity index is 1.92. The number of nitrogens with one attached hydrogen (secondary N) is 2. The SMILES string of the molecule is CCCOc1ccc(CNc2ccc(NC(C)=O)cc2)cc1Br. The van der Waals surface area contributed by atoms with E-state index in [2.05, 4.69) is 45.6 Å². The van der Waals surface area contributed by atoms with Gasteiger partial charge in [-0.2, -0.15) is 0 Å². The van der Waals surface area contributed by atoms with Crippen molar-refractivity contribution in [1.82, 2.24) is 0 Å². The zero-order valence-corrected chi connectivity index (χ0v) is 14.9. The van der Waals surface area contributed by atoms with Crippen molar-refractivity contribution in [2.24, 2.45) is 0 Å². The van der Waals surface area contributed by atoms with Crippen LogP contribution in [0.25, 0.3) is 0 Å². The molecule has 0 saturated carbocycles. The molecule has 0 aliphatic heterocycles. The summed E-state index contributed by atoms with van der Waals surface area (Å²) in [6, 6.07) is 13.7. The van der Waals surface area contributed by atoms with Gasteiger partial charge in [0.15, 0.2) is 0 Å². The lowest BCUT2D eigenvalue weighted by Crippen LogP contribution is -2.05. The molecule has 0 saturated heterocycles. The first-order valence-electron chi connectivity index (χ1n) is 7.61. The van der Waals surface area contributed by atoms with Gasteiger partial charge in [0.2, 0.25) is 5.91 Å². The number of halogens is 1. The number of carbonyl (C=O) groups is 1. The van der Waals surface area contributed by atoms with Gasteiger partial charge in [0.1, 0.15) is 5.75 Å². The van der Waals surface area contributed by atoms with Gasteiger partial charge in [0.05, 0.1) is 11.1 Å². The lowest BCUT2D eigenvalue weighted by atomic mass is 10.2. The largest absolute Gasteiger partial charge is 0.492 e. The summed E-state index contributed by atoms with van der Waals surface area (Å²) in [4.78, 5) is 11.0. The van der Waals surface area contributed by atoms with E-state index < -0.39 is 0 Å². The molecule has 5 heteroatoms. The van der Waals surface area contributed by atoms with Crippen molar-refractivity contribution < 1.29 is 9.53 Å². The summed E-state index contributed by atoms with van der Waals surface area (Å²) in [5.41, 5.74) is 2.96. The predicted molar refractivity (Wildman–Crippen MR) is 98.0 cm³/mol. The number of ether oxygens (including phenoxy) is 1. The molecular weight excluding hydrogens is 356 g/mol. The minimum atomic E-state index is -0.0686. The Bertz CT molecular complexity index is 657. The monoisotopic (exact) mass is 376 g/mol. The van der Waals surface area contributed by atoms with Crippen molar-refractivity contribution in [2.45, 2.75) is 26.8 Å². The first-order valence-corrected chi connectivity index (χ1v) is 8.40. The molecular formula is C18H21BrN2O2. The van der Waals surface area contributed by atoms with Crippen molar-refractivity contribution >= 4 is 33.2 Å². The van der Waals surface area contributed by atoms with Crippen LogP contribution in [0, 0.1) is 0 Å². The van der Waals surface area contributed by atoms with E-state index in [1.807, 2.05) is 30.3 Å². The lowest BCUT2D eigenvalue weighted by molar-refractivity contribution is -0.114. The molecule has 2 aromatic rings. The first kappa shape index (κ1) is 17.3. The van der Waals surface area contributed by atoms with E-state index in [4.69, 9.17) is 4.74 Å². The van der Waals surface area contributed by atoms with Gasteiger partial charge in [-0.15, -0.1) is 0 Å². The van der Waals surface area contributed by atoms with E-state index in [1.54, 1.807) is 0 Å². The molecule has 2 rings (SSSR count). The zero-order chi connectivity index (χ0) is 16.7. The first-order chi connectivity index (χ1) is 11.1. The van der Waals surface area contributed by atoms with Gasteiger partial charge in [-0.3, -0.25) is 4.79 Å². The van der Waals surface area contributed by atoms with Crippen molar-refractivity contribution in [3.8, 4) is 5.75 Å². The maximum Gasteiger partial charge on any atom is 0.221 e. The van der Waals surface area contributed by atoms with Gasteiger partial charge in [0, 0.05) is 24.8 Å². The highest BCUT2D eigenvalue weighted by molar-refractivity contribution is 9.10. The van der Waals surface area contributed by atoms with Crippen LogP contribution in [0.3, 0.4) is 0 Å². The summed E-state index contributed by atoms with van der Waals surface area (Å²) in [7, 11) is 0. The fraction of sp³-hybridized carbons (Fsp3) is 0.278. The second kappa shape index (κ2) is 8.58. The van der Waals surface area contributed by atoms with Crippen LogP contribution in [0.5, 0.6) is 5.75 Å². The molecule has 1 amide bonds. The number of amides is 1. The normalized spacial score (nSPS) is 10.2. The van der Waals surface area contributed by atoms with Crippen LogP contribution >= 0.6 is 15.9 Å². The quantitative estimate of drug-likeness (QED) is 0.728. The van der Waals surface area contributed by atoms with Crippen LogP contribution in [-0.2, 0) is 11.3 Å². The summed E-state index contributed by atoms with van der Waals surface area (Å²) >= 11 is 3.54. The molecule has 0 heterocycles. The molecule has 0 radical (unpaired) electrons. The fourth-order valence-corrected chi connectivity index (χ4v) is 2.60. The van der Waals surface area contributed by atoms with Crippen LogP contribution in [-0.4, -0.2) is 12.5 Å². The van der Waals surface area contributed by atoms with E-state index in [0.717, 1.165) is 40.2 Å². The van der Waals surface area contributed by atoms with Gasteiger partial charge in [-0.1, -0.05) is 13.0 Å². The highest BCUT2D eigenvalue weighted by Gasteiger charge is 2.03. The summed E-state index contributed by atoms with van der Waals surface area (Å²) in [5.74, 6) is 0.802. The van der Waals surface area contributed by atoms with Crippen LogP contribution < -0.4 is 15.4 Å². The Labute approximate surface area is 145 Å². The van der Waals surface area contributed by atoms with E-state index >= 15 is 0 Å². The summed E-state index contributed by atoms with van der Waals surface area (Å²) in [6.45, 7) is 5.02. The molecule has 122 valence electrons. The van der Waals surface area contributed by atoms with Crippen LogP contribution in [0.1, 0.15) is 25.8 Å². The van der Waals surface area contributed by atoms with E-state index in [9.17, 15) is 4.79 Å². The van der Waals surface area contributed by atoms with E-state index in [1.165, 1.54) is 6.92 Å². The predicted octanol–water partition coefficient (Wildman–Crippen LogP) is 4.81. The van der Waals surface area contributed by atoms with Gasteiger partial charge >= 0.3 is 0 Å². The van der Waals surface area contributed by atoms with Crippen molar-refractivity contribution in [3.05, 3.63) is 52.5 Å². The molecule has 0 spiro atoms. The molecule has 0 bridgehead atoms. The van der Waals surface area contributed by atoms with Crippen LogP contribution in [0.2, 0.25) is 0 Å². The van der Waals surface area contributed by atoms with Crippen LogP contribution in [0.4, 0.5) is 11.4 Å². The molecule has 0 atom stereocenters. The van der Waals surface area contributed by atoms with Gasteiger partial charge < -0.3 is 15.4 Å². The van der Waals surface area contributed by atoms with Gasteiger partial charge in [-0.05, 0) is 64.3 Å². The third-order valence-corrected chi connectivity index (χ3v) is 3.78. The molecule has 0 aromatic heterocycles. The number of anilines is 2. The third-order valence-electron chi connectivity index (χ3n) is 3.16. The molecule has 0 unspecified atom stereocenters. The average Bonchev–Trinajstić information content (AvgIpc) is 2.53. The van der Waals surface area contributed by atoms with Gasteiger partial charge in [-0.25, -0.2) is 0 Å². The topological polar surface area (TPSA) is 50.4 Å². The number of rotatable bonds is 7. The number of hydrogen-bond acceptors (Lipinski definition) is 3. The number of carbonyl (C=O) groups excluding carboxylic acids is 1. The van der Waals surface area contributed by atoms with Crippen molar-refractivity contribution in [3.63, 3.8) is 0 Å². The number of benzene rings is 2. The molecule has 0 fully saturated rings. The average molecular weight is 377 g/mol. The Morgan fingerprint density at radius 3 is 2.43 bits per heavy atom. The highest BCUT2D eigenvalue weighted by atomic mass is 79.9. The molecule has 0 aliphatic rings. The Morgan fingerprint density at radius 1 is 1.13 bits per heavy atom. The third kappa shape index (κ3) is 5.60. The summed E-state index contributed by atoms with van der Waals surface area (Å²) in [6.07, 6.45) is 0.990. The van der Waals surface area contributed by atoms with E-state index in [0.29, 0.717) is 6.54 Å². The highest BCUT2D eigenvalue weighted by Crippen LogP contribution is 2.26. The number of hydrogen-bond donors (Lipinski definition) is 2. The molecule has 0 aliphatic carbocycles. The molecule has 4 nitrogen and oxygen atoms in total. The maximum atomic E-state index is 11.0. The van der Waals surface area contributed by atoms with Crippen molar-refractivity contribution in [1.29, 1.82) is 0 Å². The summed E-state index contributed by atoms with van der Waals surface area (Å²) < 4.78 is 6.61. The zero-order valence-electron chi connectivity index (χ0n) is 13.4. The minimum absolute atomic E-state index is 0.0686. The van der Waals surface area contributed by atoms with Crippen molar-refractivity contribution in [2.75, 3.05) is 17.2 Å². The Hall–Kier alpha value is -2.01. The summed E-state index contributed by atoms with van der Waals surface area (Å²) in [5, 5.41) is 6.11. The molecule has 23 heavy (non-hydrogen) atoms. The molecule has 2 aromatic carbocycles. The van der Waals surface area contributed by atoms with Crippen LogP contribution in [0.15, 0.2) is 46.9 Å². The Morgan fingerprint density at radius 2 is 1.83 bits per heavy atom. The lowest BCUT2D eigenvalue weighted by Gasteiger charge is -2.11. The maximum absolute atomic E-state index is 11.0. The van der Waals surface area contributed by atoms with E-state index in [-0.39, 0.29) is 5.91 Å². The second-order valence-electron chi connectivity index (χ2n) is 5.23. The fourth-order valence-electron chi connectivity index (χ4n) is 2.06. The molecule has 2 N–H and O–H groups in total. The standard InChI is InChI=1S/C18H21BrN2O2/c1-3-10-23-18-9-4-14(11-17(18)19)12-20-15-5-7-16(8-6-15)21-13(2)22/h4-9,11,20H,3,10,12H2,1-2H3,(H,21,22). The minimum Gasteiger partial charge on any atom is -0.492 e. The smallest absolute Gasteiger partial charge is 0.221 e. The second-order valence-corrected chi connectivity index (χ2v) is 6.08. The van der Waals surface area contributed by atoms with Gasteiger partial charge in [0.25, 0.3) is 0 Å².